The number of pyridine rings is 1. The molecular weight excluding hydrogens is 482 g/mol. The molecule has 1 saturated heterocycles. The average molecular weight is 506 g/mol. The Kier molecular flexibility index (Phi) is 6.08. The van der Waals surface area contributed by atoms with Crippen LogP contribution in [0.1, 0.15) is 17.5 Å². The largest absolute Gasteiger partial charge is 0.481 e. The molecular formula is C29H23N5O4. The zero-order chi connectivity index (χ0) is 26.1. The van der Waals surface area contributed by atoms with Crippen LogP contribution in [0.25, 0.3) is 21.8 Å². The second-order valence-corrected chi connectivity index (χ2v) is 9.18. The van der Waals surface area contributed by atoms with Gasteiger partial charge in [-0.05, 0) is 29.8 Å². The number of anilines is 2. The highest BCUT2D eigenvalue weighted by atomic mass is 16.6. The normalized spacial score (nSPS) is 15.0. The van der Waals surface area contributed by atoms with Gasteiger partial charge < -0.3 is 19.4 Å². The van der Waals surface area contributed by atoms with Crippen molar-refractivity contribution in [3.8, 4) is 11.8 Å². The van der Waals surface area contributed by atoms with E-state index in [9.17, 15) is 15.4 Å². The van der Waals surface area contributed by atoms with Gasteiger partial charge in [0.15, 0.2) is 5.75 Å². The molecule has 38 heavy (non-hydrogen) atoms. The monoisotopic (exact) mass is 505 g/mol. The number of hydrogen-bond donors (Lipinski definition) is 1. The number of nitro benzene ring substituents is 1. The van der Waals surface area contributed by atoms with Crippen LogP contribution in [0.15, 0.2) is 79.1 Å². The molecule has 0 radical (unpaired) electrons. The van der Waals surface area contributed by atoms with E-state index in [1.807, 2.05) is 48.7 Å². The van der Waals surface area contributed by atoms with Crippen LogP contribution in [0.5, 0.6) is 5.75 Å². The summed E-state index contributed by atoms with van der Waals surface area (Å²) < 4.78 is 13.4. The topological polar surface area (TPSA) is 115 Å². The van der Waals surface area contributed by atoms with Gasteiger partial charge in [0.1, 0.15) is 12.2 Å². The Morgan fingerprint density at radius 3 is 2.82 bits per heavy atom. The van der Waals surface area contributed by atoms with E-state index in [-0.39, 0.29) is 23.1 Å². The van der Waals surface area contributed by atoms with E-state index in [4.69, 9.17) is 9.47 Å². The molecule has 6 rings (SSSR count). The Hall–Kier alpha value is -4.94. The maximum atomic E-state index is 11.9. The molecule has 1 fully saturated rings. The molecule has 9 nitrogen and oxygen atoms in total. The van der Waals surface area contributed by atoms with Crippen molar-refractivity contribution in [2.75, 3.05) is 18.5 Å². The first-order valence-corrected chi connectivity index (χ1v) is 12.2. The van der Waals surface area contributed by atoms with Crippen molar-refractivity contribution in [3.05, 3.63) is 100 Å². The van der Waals surface area contributed by atoms with Crippen LogP contribution in [0.4, 0.5) is 17.1 Å². The zero-order valence-electron chi connectivity index (χ0n) is 20.3. The van der Waals surface area contributed by atoms with E-state index >= 15 is 0 Å². The van der Waals surface area contributed by atoms with Crippen LogP contribution in [0.2, 0.25) is 0 Å². The molecule has 0 saturated carbocycles. The van der Waals surface area contributed by atoms with Gasteiger partial charge in [0, 0.05) is 59.5 Å². The summed E-state index contributed by atoms with van der Waals surface area (Å²) in [7, 11) is 0. The van der Waals surface area contributed by atoms with E-state index in [0.29, 0.717) is 36.2 Å². The van der Waals surface area contributed by atoms with Gasteiger partial charge in [0.25, 0.3) is 0 Å². The van der Waals surface area contributed by atoms with E-state index in [2.05, 4.69) is 33.1 Å². The summed E-state index contributed by atoms with van der Waals surface area (Å²) in [6.07, 6.45) is 3.93. The summed E-state index contributed by atoms with van der Waals surface area (Å²) in [5.74, 6) is 0.141. The molecule has 5 aromatic rings. The van der Waals surface area contributed by atoms with Crippen LogP contribution in [-0.2, 0) is 11.3 Å². The van der Waals surface area contributed by atoms with Crippen LogP contribution in [0, 0.1) is 21.4 Å². The minimum absolute atomic E-state index is 0.141. The summed E-state index contributed by atoms with van der Waals surface area (Å²) in [5, 5.41) is 26.5. The SMILES string of the molecule is N#Cc1cnc2cc(OC3CCOC3)c([N+](=O)[O-])cc2c1Nc1ccc2c(ccn2Cc2ccccc2)c1. The second-order valence-electron chi connectivity index (χ2n) is 9.18. The number of nitro groups is 1. The Morgan fingerprint density at radius 2 is 2.05 bits per heavy atom. The number of hydrogen-bond acceptors (Lipinski definition) is 7. The first kappa shape index (κ1) is 23.5. The van der Waals surface area contributed by atoms with Crippen molar-refractivity contribution < 1.29 is 14.4 Å². The summed E-state index contributed by atoms with van der Waals surface area (Å²) >= 11 is 0. The van der Waals surface area contributed by atoms with Gasteiger partial charge >= 0.3 is 5.69 Å². The zero-order valence-corrected chi connectivity index (χ0v) is 20.3. The highest BCUT2D eigenvalue weighted by Crippen LogP contribution is 2.38. The van der Waals surface area contributed by atoms with Gasteiger partial charge in [0.05, 0.1) is 34.9 Å². The molecule has 9 heteroatoms. The first-order chi connectivity index (χ1) is 18.6. The van der Waals surface area contributed by atoms with Gasteiger partial charge in [0.2, 0.25) is 0 Å². The average Bonchev–Trinajstić information content (AvgIpc) is 3.59. The van der Waals surface area contributed by atoms with Crippen LogP contribution in [-0.4, -0.2) is 33.8 Å². The second kappa shape index (κ2) is 9.84. The number of rotatable bonds is 7. The number of ether oxygens (including phenoxy) is 2. The Labute approximate surface area is 218 Å². The quantitative estimate of drug-likeness (QED) is 0.215. The lowest BCUT2D eigenvalue weighted by Gasteiger charge is -2.15. The van der Waals surface area contributed by atoms with Crippen molar-refractivity contribution in [1.29, 1.82) is 5.26 Å². The summed E-state index contributed by atoms with van der Waals surface area (Å²) in [4.78, 5) is 15.8. The molecule has 3 aromatic carbocycles. The summed E-state index contributed by atoms with van der Waals surface area (Å²) in [6.45, 7) is 1.70. The number of benzene rings is 3. The third kappa shape index (κ3) is 4.49. The Balaban J connectivity index is 1.37. The van der Waals surface area contributed by atoms with Gasteiger partial charge in [-0.3, -0.25) is 15.1 Å². The Morgan fingerprint density at radius 1 is 1.18 bits per heavy atom. The van der Waals surface area contributed by atoms with E-state index < -0.39 is 4.92 Å². The standard InChI is InChI=1S/C29H23N5O4/c30-15-21-16-31-25-14-28(38-23-9-11-37-18-23)27(34(35)36)13-24(25)29(21)32-22-6-7-26-20(12-22)8-10-33(26)17-19-4-2-1-3-5-19/h1-8,10,12-14,16,23H,9,11,17-18H2,(H,31,32). The fourth-order valence-corrected chi connectivity index (χ4v) is 4.79. The number of nitriles is 1. The molecule has 0 bridgehead atoms. The third-order valence-corrected chi connectivity index (χ3v) is 6.68. The minimum Gasteiger partial charge on any atom is -0.481 e. The van der Waals surface area contributed by atoms with Crippen molar-refractivity contribution in [2.24, 2.45) is 0 Å². The molecule has 0 amide bonds. The van der Waals surface area contributed by atoms with E-state index in [1.165, 1.54) is 17.8 Å². The highest BCUT2D eigenvalue weighted by molar-refractivity contribution is 5.99. The van der Waals surface area contributed by atoms with Crippen LogP contribution in [0.3, 0.4) is 0 Å². The maximum absolute atomic E-state index is 11.9. The highest BCUT2D eigenvalue weighted by Gasteiger charge is 2.25. The van der Waals surface area contributed by atoms with Crippen molar-refractivity contribution in [2.45, 2.75) is 19.1 Å². The van der Waals surface area contributed by atoms with Gasteiger partial charge in [-0.2, -0.15) is 5.26 Å². The lowest BCUT2D eigenvalue weighted by atomic mass is 10.1. The molecule has 2 aromatic heterocycles. The number of nitrogens with one attached hydrogen (secondary N) is 1. The summed E-state index contributed by atoms with van der Waals surface area (Å²) in [6, 6.07) is 23.4. The first-order valence-electron chi connectivity index (χ1n) is 12.2. The fraction of sp³-hybridized carbons (Fsp3) is 0.172. The molecule has 1 aliphatic rings. The lowest BCUT2D eigenvalue weighted by molar-refractivity contribution is -0.385. The molecule has 1 aliphatic heterocycles. The fourth-order valence-electron chi connectivity index (χ4n) is 4.79. The van der Waals surface area contributed by atoms with Crippen LogP contribution >= 0.6 is 0 Å². The van der Waals surface area contributed by atoms with Gasteiger partial charge in [-0.25, -0.2) is 0 Å². The van der Waals surface area contributed by atoms with Crippen molar-refractivity contribution >= 4 is 38.9 Å². The molecule has 1 atom stereocenters. The van der Waals surface area contributed by atoms with Crippen molar-refractivity contribution in [3.63, 3.8) is 0 Å². The summed E-state index contributed by atoms with van der Waals surface area (Å²) in [5.41, 5.74) is 4.09. The number of aromatic nitrogens is 2. The predicted molar refractivity (Wildman–Crippen MR) is 144 cm³/mol. The predicted octanol–water partition coefficient (Wildman–Crippen LogP) is 5.93. The van der Waals surface area contributed by atoms with Gasteiger partial charge in [-0.1, -0.05) is 30.3 Å². The smallest absolute Gasteiger partial charge is 0.311 e. The van der Waals surface area contributed by atoms with Gasteiger partial charge in [-0.15, -0.1) is 0 Å². The van der Waals surface area contributed by atoms with Crippen LogP contribution < -0.4 is 10.1 Å². The van der Waals surface area contributed by atoms with E-state index in [0.717, 1.165) is 23.1 Å². The minimum atomic E-state index is -0.477. The maximum Gasteiger partial charge on any atom is 0.311 e. The third-order valence-electron chi connectivity index (χ3n) is 6.68. The lowest BCUT2D eigenvalue weighted by Crippen LogP contribution is -2.16. The molecule has 0 spiro atoms. The Bertz CT molecular complexity index is 1700. The molecule has 1 unspecified atom stereocenters. The van der Waals surface area contributed by atoms with E-state index in [1.54, 1.807) is 6.07 Å². The number of fused-ring (bicyclic) bond motifs is 2. The molecule has 188 valence electrons. The molecule has 3 heterocycles. The molecule has 1 N–H and O–H groups in total. The molecule has 0 aliphatic carbocycles. The number of nitrogens with zero attached hydrogens (tertiary/aromatic N) is 4. The van der Waals surface area contributed by atoms with Crippen molar-refractivity contribution in [1.82, 2.24) is 9.55 Å².